The molecule has 26 heavy (non-hydrogen) atoms. The second-order valence-electron chi connectivity index (χ2n) is 7.44. The van der Waals surface area contributed by atoms with E-state index in [1.807, 2.05) is 13.0 Å². The van der Waals surface area contributed by atoms with Gasteiger partial charge < -0.3 is 14.0 Å². The fraction of sp³-hybridized carbons (Fsp3) is 0.632. The lowest BCUT2D eigenvalue weighted by Gasteiger charge is -2.48. The molecule has 0 radical (unpaired) electrons. The standard InChI is InChI=1S/C19H26N4O3/c1-15-10-17(22-26-15)12-23-7-2-19(3-8-23)4-9-24-13-16(19)14-25-18-11-20-5-6-21-18/h5-6,10-11,16H,2-4,7-9,12-14H2,1H3/t16-/m1/s1. The summed E-state index contributed by atoms with van der Waals surface area (Å²) in [5, 5.41) is 4.12. The molecule has 2 aromatic heterocycles. The fourth-order valence-electron chi connectivity index (χ4n) is 4.19. The van der Waals surface area contributed by atoms with Crippen LogP contribution in [-0.2, 0) is 11.3 Å². The molecule has 1 atom stereocenters. The molecule has 2 aromatic rings. The minimum atomic E-state index is 0.302. The van der Waals surface area contributed by atoms with Crippen molar-refractivity contribution in [2.24, 2.45) is 11.3 Å². The maximum Gasteiger partial charge on any atom is 0.232 e. The Balaban J connectivity index is 1.35. The van der Waals surface area contributed by atoms with Gasteiger partial charge in [-0.2, -0.15) is 0 Å². The molecule has 4 heterocycles. The molecule has 0 saturated carbocycles. The van der Waals surface area contributed by atoms with Crippen molar-refractivity contribution in [3.8, 4) is 5.88 Å². The topological polar surface area (TPSA) is 73.5 Å². The van der Waals surface area contributed by atoms with Crippen LogP contribution in [0.25, 0.3) is 0 Å². The van der Waals surface area contributed by atoms with Gasteiger partial charge in [-0.3, -0.25) is 9.88 Å². The molecular formula is C19H26N4O3. The van der Waals surface area contributed by atoms with E-state index in [0.717, 1.165) is 50.7 Å². The molecule has 2 saturated heterocycles. The van der Waals surface area contributed by atoms with Crippen LogP contribution in [0.15, 0.2) is 29.2 Å². The molecule has 1 spiro atoms. The van der Waals surface area contributed by atoms with E-state index >= 15 is 0 Å². The number of hydrogen-bond acceptors (Lipinski definition) is 7. The number of aryl methyl sites for hydroxylation is 1. The van der Waals surface area contributed by atoms with E-state index in [4.69, 9.17) is 14.0 Å². The SMILES string of the molecule is Cc1cc(CN2CCC3(CCOC[C@@H]3COc3cnccn3)CC2)no1. The summed E-state index contributed by atoms with van der Waals surface area (Å²) in [6, 6.07) is 2.02. The highest BCUT2D eigenvalue weighted by atomic mass is 16.5. The van der Waals surface area contributed by atoms with E-state index in [1.165, 1.54) is 12.8 Å². The maximum atomic E-state index is 5.91. The Labute approximate surface area is 153 Å². The molecule has 0 aromatic carbocycles. The van der Waals surface area contributed by atoms with Gasteiger partial charge in [-0.25, -0.2) is 4.98 Å². The van der Waals surface area contributed by atoms with Gasteiger partial charge in [0.05, 0.1) is 25.1 Å². The second-order valence-corrected chi connectivity index (χ2v) is 7.44. The van der Waals surface area contributed by atoms with Crippen molar-refractivity contribution >= 4 is 0 Å². The Morgan fingerprint density at radius 1 is 1.27 bits per heavy atom. The quantitative estimate of drug-likeness (QED) is 0.813. The normalized spacial score (nSPS) is 23.2. The van der Waals surface area contributed by atoms with Gasteiger partial charge in [0.1, 0.15) is 5.76 Å². The summed E-state index contributed by atoms with van der Waals surface area (Å²) in [5.74, 6) is 1.86. The third-order valence-electron chi connectivity index (χ3n) is 5.82. The van der Waals surface area contributed by atoms with Crippen molar-refractivity contribution in [1.29, 1.82) is 0 Å². The van der Waals surface area contributed by atoms with Crippen LogP contribution in [0.4, 0.5) is 0 Å². The number of piperidine rings is 1. The van der Waals surface area contributed by atoms with E-state index in [1.54, 1.807) is 18.6 Å². The third-order valence-corrected chi connectivity index (χ3v) is 5.82. The molecule has 0 unspecified atom stereocenters. The summed E-state index contributed by atoms with van der Waals surface area (Å²) in [6.45, 7) is 7.21. The van der Waals surface area contributed by atoms with Gasteiger partial charge in [-0.1, -0.05) is 5.16 Å². The predicted octanol–water partition coefficient (Wildman–Crippen LogP) is 2.47. The van der Waals surface area contributed by atoms with E-state index in [0.29, 0.717) is 23.8 Å². The molecule has 0 bridgehead atoms. The molecule has 0 aliphatic carbocycles. The molecule has 7 nitrogen and oxygen atoms in total. The van der Waals surface area contributed by atoms with E-state index < -0.39 is 0 Å². The average Bonchev–Trinajstić information content (AvgIpc) is 3.09. The Morgan fingerprint density at radius 3 is 2.88 bits per heavy atom. The van der Waals surface area contributed by atoms with Gasteiger partial charge >= 0.3 is 0 Å². The summed E-state index contributed by atoms with van der Waals surface area (Å²) >= 11 is 0. The highest BCUT2D eigenvalue weighted by Gasteiger charge is 2.43. The van der Waals surface area contributed by atoms with Gasteiger partial charge in [0.2, 0.25) is 5.88 Å². The Morgan fingerprint density at radius 2 is 2.15 bits per heavy atom. The van der Waals surface area contributed by atoms with Gasteiger partial charge in [0, 0.05) is 37.5 Å². The maximum absolute atomic E-state index is 5.91. The van der Waals surface area contributed by atoms with Crippen LogP contribution in [0, 0.1) is 18.3 Å². The van der Waals surface area contributed by atoms with Crippen molar-refractivity contribution in [3.63, 3.8) is 0 Å². The number of ether oxygens (including phenoxy) is 2. The predicted molar refractivity (Wildman–Crippen MR) is 94.6 cm³/mol. The molecule has 4 rings (SSSR count). The first-order chi connectivity index (χ1) is 12.7. The van der Waals surface area contributed by atoms with Crippen LogP contribution >= 0.6 is 0 Å². The van der Waals surface area contributed by atoms with Crippen LogP contribution < -0.4 is 4.74 Å². The van der Waals surface area contributed by atoms with Gasteiger partial charge in [0.15, 0.2) is 0 Å². The molecular weight excluding hydrogens is 332 g/mol. The van der Waals surface area contributed by atoms with Crippen LogP contribution in [0.5, 0.6) is 5.88 Å². The zero-order valence-electron chi connectivity index (χ0n) is 15.3. The average molecular weight is 358 g/mol. The zero-order chi connectivity index (χ0) is 17.8. The number of aromatic nitrogens is 3. The van der Waals surface area contributed by atoms with Crippen molar-refractivity contribution in [2.75, 3.05) is 32.9 Å². The summed E-state index contributed by atoms with van der Waals surface area (Å²) in [5.41, 5.74) is 1.32. The second kappa shape index (κ2) is 7.72. The minimum Gasteiger partial charge on any atom is -0.476 e. The summed E-state index contributed by atoms with van der Waals surface area (Å²) in [7, 11) is 0. The number of nitrogens with zero attached hydrogens (tertiary/aromatic N) is 4. The largest absolute Gasteiger partial charge is 0.476 e. The smallest absolute Gasteiger partial charge is 0.232 e. The molecule has 2 aliphatic rings. The van der Waals surface area contributed by atoms with Crippen LogP contribution in [0.2, 0.25) is 0 Å². The lowest BCUT2D eigenvalue weighted by atomic mass is 9.66. The number of likely N-dealkylation sites (tertiary alicyclic amines) is 1. The van der Waals surface area contributed by atoms with Crippen molar-refractivity contribution < 1.29 is 14.0 Å². The fourth-order valence-corrected chi connectivity index (χ4v) is 4.19. The van der Waals surface area contributed by atoms with E-state index in [2.05, 4.69) is 20.0 Å². The van der Waals surface area contributed by atoms with Crippen molar-refractivity contribution in [3.05, 3.63) is 36.1 Å². The van der Waals surface area contributed by atoms with Crippen molar-refractivity contribution in [2.45, 2.75) is 32.7 Å². The Bertz CT molecular complexity index is 698. The summed E-state index contributed by atoms with van der Waals surface area (Å²) in [6.07, 6.45) is 8.43. The van der Waals surface area contributed by atoms with Crippen LogP contribution in [0.1, 0.15) is 30.7 Å². The first kappa shape index (κ1) is 17.4. The lowest BCUT2D eigenvalue weighted by molar-refractivity contribution is -0.0869. The summed E-state index contributed by atoms with van der Waals surface area (Å²) < 4.78 is 16.9. The Kier molecular flexibility index (Phi) is 5.17. The highest BCUT2D eigenvalue weighted by Crippen LogP contribution is 2.45. The monoisotopic (exact) mass is 358 g/mol. The number of hydrogen-bond donors (Lipinski definition) is 0. The first-order valence-electron chi connectivity index (χ1n) is 9.35. The molecule has 7 heteroatoms. The zero-order valence-corrected chi connectivity index (χ0v) is 15.3. The molecule has 2 fully saturated rings. The first-order valence-corrected chi connectivity index (χ1v) is 9.35. The van der Waals surface area contributed by atoms with Crippen LogP contribution in [-0.4, -0.2) is 52.9 Å². The van der Waals surface area contributed by atoms with Crippen LogP contribution in [0.3, 0.4) is 0 Å². The highest BCUT2D eigenvalue weighted by molar-refractivity contribution is 5.05. The molecule has 0 N–H and O–H groups in total. The Hall–Kier alpha value is -1.99. The third kappa shape index (κ3) is 3.88. The minimum absolute atomic E-state index is 0.302. The van der Waals surface area contributed by atoms with Gasteiger partial charge in [0.25, 0.3) is 0 Å². The molecule has 2 aliphatic heterocycles. The van der Waals surface area contributed by atoms with Crippen molar-refractivity contribution in [1.82, 2.24) is 20.0 Å². The van der Waals surface area contributed by atoms with E-state index in [9.17, 15) is 0 Å². The number of rotatable bonds is 5. The van der Waals surface area contributed by atoms with Gasteiger partial charge in [-0.15, -0.1) is 0 Å². The van der Waals surface area contributed by atoms with Gasteiger partial charge in [-0.05, 0) is 44.7 Å². The summed E-state index contributed by atoms with van der Waals surface area (Å²) in [4.78, 5) is 10.7. The molecule has 0 amide bonds. The van der Waals surface area contributed by atoms with E-state index in [-0.39, 0.29) is 0 Å². The molecule has 140 valence electrons. The lowest BCUT2D eigenvalue weighted by Crippen LogP contribution is -2.49.